The maximum Gasteiger partial charge on any atom is 0.298 e. The Balaban J connectivity index is 1.10. The first kappa shape index (κ1) is 20.5. The summed E-state index contributed by atoms with van der Waals surface area (Å²) in [5.74, 6) is 0.253. The summed E-state index contributed by atoms with van der Waals surface area (Å²) in [4.78, 5) is 34.1. The van der Waals surface area contributed by atoms with Crippen LogP contribution in [0.1, 0.15) is 36.0 Å². The molecule has 0 atom stereocenters. The van der Waals surface area contributed by atoms with Gasteiger partial charge < -0.3 is 19.5 Å². The predicted octanol–water partition coefficient (Wildman–Crippen LogP) is 3.47. The van der Waals surface area contributed by atoms with Crippen LogP contribution in [0.5, 0.6) is 0 Å². The third-order valence-electron chi connectivity index (χ3n) is 6.58. The number of anilines is 1. The summed E-state index contributed by atoms with van der Waals surface area (Å²) in [7, 11) is 0. The summed E-state index contributed by atoms with van der Waals surface area (Å²) in [6, 6.07) is 17.8. The molecule has 3 heterocycles. The summed E-state index contributed by atoms with van der Waals surface area (Å²) in [6.07, 6.45) is 3.21. The lowest BCUT2D eigenvalue weighted by Crippen LogP contribution is -2.49. The van der Waals surface area contributed by atoms with Crippen molar-refractivity contribution in [2.75, 3.05) is 31.1 Å². The molecule has 2 aliphatic heterocycles. The van der Waals surface area contributed by atoms with E-state index in [1.165, 1.54) is 0 Å². The predicted molar refractivity (Wildman–Crippen MR) is 122 cm³/mol. The highest BCUT2D eigenvalue weighted by molar-refractivity contribution is 5.94. The Bertz CT molecular complexity index is 1050. The second-order valence-corrected chi connectivity index (χ2v) is 8.66. The Morgan fingerprint density at radius 2 is 1.56 bits per heavy atom. The molecule has 2 aliphatic rings. The zero-order chi connectivity index (χ0) is 21.9. The average Bonchev–Trinajstić information content (AvgIpc) is 3.29. The fraction of sp³-hybridized carbons (Fsp3) is 0.400. The van der Waals surface area contributed by atoms with Crippen LogP contribution in [0.3, 0.4) is 0 Å². The number of rotatable bonds is 4. The molecule has 7 heteroatoms. The number of para-hydroxylation sites is 2. The number of amides is 2. The first-order chi connectivity index (χ1) is 15.7. The van der Waals surface area contributed by atoms with Crippen LogP contribution in [0.2, 0.25) is 0 Å². The number of carbonyl (C=O) groups is 2. The third-order valence-corrected chi connectivity index (χ3v) is 6.58. The van der Waals surface area contributed by atoms with Gasteiger partial charge >= 0.3 is 0 Å². The number of benzene rings is 2. The van der Waals surface area contributed by atoms with Crippen LogP contribution in [0.25, 0.3) is 11.1 Å². The number of aromatic nitrogens is 1. The minimum Gasteiger partial charge on any atom is -0.423 e. The van der Waals surface area contributed by atoms with E-state index in [0.717, 1.165) is 49.9 Å². The lowest BCUT2D eigenvalue weighted by molar-refractivity contribution is -0.137. The van der Waals surface area contributed by atoms with Crippen LogP contribution in [0, 0.1) is 5.92 Å². The van der Waals surface area contributed by atoms with Crippen molar-refractivity contribution in [3.63, 3.8) is 0 Å². The fourth-order valence-corrected chi connectivity index (χ4v) is 4.67. The van der Waals surface area contributed by atoms with Gasteiger partial charge in [-0.3, -0.25) is 9.59 Å². The Morgan fingerprint density at radius 1 is 0.875 bits per heavy atom. The molecule has 7 nitrogen and oxygen atoms in total. The van der Waals surface area contributed by atoms with Gasteiger partial charge in [0, 0.05) is 43.7 Å². The minimum atomic E-state index is -0.0399. The number of carbonyl (C=O) groups excluding carboxylic acids is 2. The van der Waals surface area contributed by atoms with Gasteiger partial charge in [0.15, 0.2) is 5.58 Å². The number of hydrogen-bond acceptors (Lipinski definition) is 5. The van der Waals surface area contributed by atoms with E-state index >= 15 is 0 Å². The Hall–Kier alpha value is -3.35. The second-order valence-electron chi connectivity index (χ2n) is 8.66. The van der Waals surface area contributed by atoms with Gasteiger partial charge in [-0.05, 0) is 49.9 Å². The van der Waals surface area contributed by atoms with Crippen molar-refractivity contribution in [1.82, 2.24) is 15.2 Å². The lowest BCUT2D eigenvalue weighted by atomic mass is 9.94. The highest BCUT2D eigenvalue weighted by Crippen LogP contribution is 2.28. The van der Waals surface area contributed by atoms with Gasteiger partial charge in [-0.25, -0.2) is 0 Å². The normalized spacial score (nSPS) is 18.1. The lowest BCUT2D eigenvalue weighted by Gasteiger charge is -2.37. The fourth-order valence-electron chi connectivity index (χ4n) is 4.67. The molecule has 3 aromatic rings. The zero-order valence-corrected chi connectivity index (χ0v) is 18.1. The Morgan fingerprint density at radius 3 is 2.28 bits per heavy atom. The van der Waals surface area contributed by atoms with Gasteiger partial charge in [0.25, 0.3) is 11.9 Å². The van der Waals surface area contributed by atoms with Crippen molar-refractivity contribution in [3.05, 3.63) is 60.2 Å². The highest BCUT2D eigenvalue weighted by atomic mass is 16.4. The number of fused-ring (bicyclic) bond motifs is 1. The van der Waals surface area contributed by atoms with Crippen LogP contribution in [-0.4, -0.2) is 53.9 Å². The van der Waals surface area contributed by atoms with Crippen molar-refractivity contribution >= 4 is 28.9 Å². The molecular weight excluding hydrogens is 404 g/mol. The molecular formula is C25H28N4O3. The van der Waals surface area contributed by atoms with Crippen molar-refractivity contribution in [1.29, 1.82) is 0 Å². The van der Waals surface area contributed by atoms with Crippen molar-refractivity contribution in [2.24, 2.45) is 5.92 Å². The molecule has 1 aromatic heterocycles. The summed E-state index contributed by atoms with van der Waals surface area (Å²) in [5, 5.41) is 3.11. The van der Waals surface area contributed by atoms with Gasteiger partial charge in [-0.2, -0.15) is 4.98 Å². The topological polar surface area (TPSA) is 78.7 Å². The second kappa shape index (κ2) is 9.02. The van der Waals surface area contributed by atoms with Crippen molar-refractivity contribution in [2.45, 2.75) is 31.7 Å². The summed E-state index contributed by atoms with van der Waals surface area (Å²) < 4.78 is 5.88. The van der Waals surface area contributed by atoms with Crippen molar-refractivity contribution in [3.8, 4) is 0 Å². The first-order valence-electron chi connectivity index (χ1n) is 11.4. The first-order valence-corrected chi connectivity index (χ1v) is 11.4. The molecule has 0 spiro atoms. The molecule has 0 bridgehead atoms. The molecule has 1 N–H and O–H groups in total. The summed E-state index contributed by atoms with van der Waals surface area (Å²) in [6.45, 7) is 2.94. The summed E-state index contributed by atoms with van der Waals surface area (Å²) >= 11 is 0. The molecule has 166 valence electrons. The number of piperidine rings is 2. The zero-order valence-electron chi connectivity index (χ0n) is 18.1. The number of likely N-dealkylation sites (tertiary alicyclic amines) is 1. The number of nitrogens with one attached hydrogen (secondary N) is 1. The van der Waals surface area contributed by atoms with Gasteiger partial charge in [-0.15, -0.1) is 0 Å². The maximum atomic E-state index is 13.1. The Kier molecular flexibility index (Phi) is 5.79. The highest BCUT2D eigenvalue weighted by Gasteiger charge is 2.32. The molecule has 2 fully saturated rings. The van der Waals surface area contributed by atoms with E-state index in [0.29, 0.717) is 24.7 Å². The molecule has 0 unspecified atom stereocenters. The van der Waals surface area contributed by atoms with Crippen LogP contribution >= 0.6 is 0 Å². The molecule has 5 rings (SSSR count). The monoisotopic (exact) mass is 432 g/mol. The van der Waals surface area contributed by atoms with E-state index in [4.69, 9.17) is 4.42 Å². The molecule has 32 heavy (non-hydrogen) atoms. The largest absolute Gasteiger partial charge is 0.423 e. The van der Waals surface area contributed by atoms with E-state index in [9.17, 15) is 9.59 Å². The maximum absolute atomic E-state index is 13.1. The van der Waals surface area contributed by atoms with Gasteiger partial charge in [-0.1, -0.05) is 30.3 Å². The van der Waals surface area contributed by atoms with Gasteiger partial charge in [0.2, 0.25) is 5.91 Å². The van der Waals surface area contributed by atoms with Crippen LogP contribution < -0.4 is 10.2 Å². The molecule has 2 aromatic carbocycles. The third kappa shape index (κ3) is 4.33. The van der Waals surface area contributed by atoms with Crippen LogP contribution in [0.15, 0.2) is 59.0 Å². The molecule has 0 radical (unpaired) electrons. The van der Waals surface area contributed by atoms with E-state index in [2.05, 4.69) is 15.2 Å². The van der Waals surface area contributed by atoms with E-state index in [1.54, 1.807) is 0 Å². The molecule has 2 amide bonds. The van der Waals surface area contributed by atoms with Crippen LogP contribution in [-0.2, 0) is 4.79 Å². The van der Waals surface area contributed by atoms with Crippen molar-refractivity contribution < 1.29 is 14.0 Å². The smallest absolute Gasteiger partial charge is 0.298 e. The number of oxazole rings is 1. The molecule has 2 saturated heterocycles. The van der Waals surface area contributed by atoms with E-state index in [-0.39, 0.29) is 23.8 Å². The Labute approximate surface area is 187 Å². The number of hydrogen-bond donors (Lipinski definition) is 1. The van der Waals surface area contributed by atoms with Crippen LogP contribution in [0.4, 0.5) is 6.01 Å². The SMILES string of the molecule is O=C(NC1CCN(C(=O)C2CCN(c3nc4ccccc4o3)CC2)CC1)c1ccccc1. The molecule has 0 saturated carbocycles. The number of nitrogens with zero attached hydrogens (tertiary/aromatic N) is 3. The van der Waals surface area contributed by atoms with E-state index in [1.807, 2.05) is 59.5 Å². The standard InChI is InChI=1S/C25H28N4O3/c30-23(18-6-2-1-3-7-18)26-20-12-16-28(17-13-20)24(31)19-10-14-29(15-11-19)25-27-21-8-4-5-9-22(21)32-25/h1-9,19-20H,10-17H2,(H,26,30). The van der Waals surface area contributed by atoms with E-state index < -0.39 is 0 Å². The van der Waals surface area contributed by atoms with Gasteiger partial charge in [0.05, 0.1) is 0 Å². The minimum absolute atomic E-state index is 0.0399. The quantitative estimate of drug-likeness (QED) is 0.683. The average molecular weight is 433 g/mol. The molecule has 0 aliphatic carbocycles. The summed E-state index contributed by atoms with van der Waals surface area (Å²) in [5.41, 5.74) is 2.34. The van der Waals surface area contributed by atoms with Gasteiger partial charge in [0.1, 0.15) is 5.52 Å².